The van der Waals surface area contributed by atoms with E-state index in [0.29, 0.717) is 34.8 Å². The van der Waals surface area contributed by atoms with Gasteiger partial charge in [0, 0.05) is 18.7 Å². The Bertz CT molecular complexity index is 1420. The van der Waals surface area contributed by atoms with Crippen molar-refractivity contribution in [2.75, 3.05) is 0 Å². The summed E-state index contributed by atoms with van der Waals surface area (Å²) in [6, 6.07) is 18.9. The summed E-state index contributed by atoms with van der Waals surface area (Å²) in [5.74, 6) is -1.21. The monoisotopic (exact) mass is 471 g/mol. The molecule has 2 heterocycles. The van der Waals surface area contributed by atoms with Crippen LogP contribution in [0.25, 0.3) is 22.8 Å². The summed E-state index contributed by atoms with van der Waals surface area (Å²) in [7, 11) is 0. The molecule has 4 aromatic rings. The van der Waals surface area contributed by atoms with E-state index < -0.39 is 11.9 Å². The van der Waals surface area contributed by atoms with Crippen LogP contribution >= 0.6 is 0 Å². The van der Waals surface area contributed by atoms with E-state index in [4.69, 9.17) is 4.74 Å². The van der Waals surface area contributed by atoms with Crippen LogP contribution in [0.5, 0.6) is 5.75 Å². The number of hydrogen-bond acceptors (Lipinski definition) is 5. The number of benzene rings is 2. The summed E-state index contributed by atoms with van der Waals surface area (Å²) >= 11 is 0. The maximum Gasteiger partial charge on any atom is 0.337 e. The van der Waals surface area contributed by atoms with Crippen LogP contribution in [0.2, 0.25) is 0 Å². The van der Waals surface area contributed by atoms with Gasteiger partial charge in [-0.15, -0.1) is 0 Å². The van der Waals surface area contributed by atoms with Crippen molar-refractivity contribution in [3.8, 4) is 28.5 Å². The van der Waals surface area contributed by atoms with E-state index in [9.17, 15) is 19.5 Å². The third kappa shape index (κ3) is 4.77. The van der Waals surface area contributed by atoms with Crippen LogP contribution in [-0.2, 0) is 11.2 Å². The van der Waals surface area contributed by atoms with E-state index >= 15 is 0 Å². The fraction of sp³-hybridized carbons (Fsp3) is 0.185. The Balaban J connectivity index is 2.07. The molecule has 0 saturated heterocycles. The Morgan fingerprint density at radius 3 is 2.26 bits per heavy atom. The number of unbranched alkanes of at least 4 members (excludes halogenated alkanes) is 1. The van der Waals surface area contributed by atoms with Crippen LogP contribution in [0.1, 0.15) is 42.6 Å². The molecule has 35 heavy (non-hydrogen) atoms. The van der Waals surface area contributed by atoms with Gasteiger partial charge >= 0.3 is 11.9 Å². The first kappa shape index (κ1) is 23.7. The Kier molecular flexibility index (Phi) is 6.91. The predicted molar refractivity (Wildman–Crippen MR) is 131 cm³/mol. The fourth-order valence-corrected chi connectivity index (χ4v) is 4.00. The smallest absolute Gasteiger partial charge is 0.337 e. The van der Waals surface area contributed by atoms with Crippen LogP contribution in [0, 0.1) is 0 Å². The van der Waals surface area contributed by atoms with Crippen molar-refractivity contribution >= 4 is 11.9 Å². The number of aromatic nitrogens is 3. The number of hydrogen-bond donors (Lipinski definition) is 1. The molecule has 2 aromatic carbocycles. The van der Waals surface area contributed by atoms with Crippen molar-refractivity contribution in [2.24, 2.45) is 0 Å². The molecule has 0 bridgehead atoms. The summed E-state index contributed by atoms with van der Waals surface area (Å²) in [5, 5.41) is 9.88. The molecule has 2 aromatic heterocycles. The number of esters is 1. The fourth-order valence-electron chi connectivity index (χ4n) is 4.00. The van der Waals surface area contributed by atoms with Crippen LogP contribution < -0.4 is 10.3 Å². The van der Waals surface area contributed by atoms with Crippen LogP contribution in [0.4, 0.5) is 0 Å². The van der Waals surface area contributed by atoms with Crippen LogP contribution in [-0.4, -0.2) is 31.4 Å². The molecule has 178 valence electrons. The largest absolute Gasteiger partial charge is 0.478 e. The molecule has 0 spiro atoms. The summed E-state index contributed by atoms with van der Waals surface area (Å²) in [6.07, 6.45) is 3.60. The number of carbonyl (C=O) groups is 2. The van der Waals surface area contributed by atoms with Crippen molar-refractivity contribution in [1.29, 1.82) is 0 Å². The second kappa shape index (κ2) is 10.2. The van der Waals surface area contributed by atoms with E-state index in [1.54, 1.807) is 35.0 Å². The maximum absolute atomic E-state index is 13.9. The average Bonchev–Trinajstić information content (AvgIpc) is 3.15. The van der Waals surface area contributed by atoms with Gasteiger partial charge in [0.05, 0.1) is 22.6 Å². The number of para-hydroxylation sites is 1. The molecule has 0 aliphatic rings. The number of carboxylic acids is 1. The second-order valence-electron chi connectivity index (χ2n) is 7.99. The predicted octanol–water partition coefficient (Wildman–Crippen LogP) is 4.66. The third-order valence-electron chi connectivity index (χ3n) is 5.53. The Morgan fingerprint density at radius 1 is 0.943 bits per heavy atom. The van der Waals surface area contributed by atoms with Crippen LogP contribution in [0.3, 0.4) is 0 Å². The van der Waals surface area contributed by atoms with Gasteiger partial charge in [-0.1, -0.05) is 31.5 Å². The number of carbonyl (C=O) groups excluding carboxylic acids is 1. The van der Waals surface area contributed by atoms with Crippen molar-refractivity contribution in [3.63, 3.8) is 0 Å². The molecule has 0 fully saturated rings. The van der Waals surface area contributed by atoms with Gasteiger partial charge in [-0.2, -0.15) is 0 Å². The SMILES string of the molecule is CCCCc1c(-c2ncccc2C(=O)O)n(-c2ccccc2)n(-c2ccc(OC(C)=O)cc2)c1=O. The lowest BCUT2D eigenvalue weighted by atomic mass is 10.0. The van der Waals surface area contributed by atoms with Crippen molar-refractivity contribution in [2.45, 2.75) is 33.1 Å². The number of ether oxygens (including phenoxy) is 1. The molecule has 0 aliphatic carbocycles. The lowest BCUT2D eigenvalue weighted by Gasteiger charge is -2.16. The molecule has 0 aliphatic heterocycles. The molecule has 8 heteroatoms. The number of carboxylic acid groups (broad SMARTS) is 1. The van der Waals surface area contributed by atoms with Gasteiger partial charge in [-0.05, 0) is 61.4 Å². The summed E-state index contributed by atoms with van der Waals surface area (Å²) < 4.78 is 8.35. The summed E-state index contributed by atoms with van der Waals surface area (Å²) in [5.41, 5.74) is 2.11. The van der Waals surface area contributed by atoms with Gasteiger partial charge in [0.1, 0.15) is 11.4 Å². The van der Waals surface area contributed by atoms with Gasteiger partial charge in [0.25, 0.3) is 5.56 Å². The van der Waals surface area contributed by atoms with E-state index in [-0.39, 0.29) is 16.8 Å². The molecular formula is C27H25N3O5. The van der Waals surface area contributed by atoms with Gasteiger partial charge in [0.2, 0.25) is 0 Å². The normalized spacial score (nSPS) is 10.8. The minimum atomic E-state index is -1.12. The third-order valence-corrected chi connectivity index (χ3v) is 5.53. The highest BCUT2D eigenvalue weighted by atomic mass is 16.5. The van der Waals surface area contributed by atoms with E-state index in [1.807, 2.05) is 37.3 Å². The highest BCUT2D eigenvalue weighted by Crippen LogP contribution is 2.30. The van der Waals surface area contributed by atoms with Crippen molar-refractivity contribution < 1.29 is 19.4 Å². The molecular weight excluding hydrogens is 446 g/mol. The van der Waals surface area contributed by atoms with Crippen molar-refractivity contribution in [3.05, 3.63) is 94.4 Å². The minimum Gasteiger partial charge on any atom is -0.478 e. The topological polar surface area (TPSA) is 103 Å². The molecule has 0 saturated carbocycles. The molecule has 0 radical (unpaired) electrons. The Labute approximate surface area is 202 Å². The molecule has 1 N–H and O–H groups in total. The molecule has 0 amide bonds. The first-order valence-corrected chi connectivity index (χ1v) is 11.3. The first-order valence-electron chi connectivity index (χ1n) is 11.3. The van der Waals surface area contributed by atoms with Crippen molar-refractivity contribution in [1.82, 2.24) is 14.3 Å². The van der Waals surface area contributed by atoms with Gasteiger partial charge < -0.3 is 9.84 Å². The molecule has 4 rings (SSSR count). The zero-order valence-corrected chi connectivity index (χ0v) is 19.5. The quantitative estimate of drug-likeness (QED) is 0.296. The lowest BCUT2D eigenvalue weighted by molar-refractivity contribution is -0.131. The number of nitrogens with zero attached hydrogens (tertiary/aromatic N) is 3. The zero-order chi connectivity index (χ0) is 24.9. The number of pyridine rings is 1. The summed E-state index contributed by atoms with van der Waals surface area (Å²) in [4.78, 5) is 41.7. The molecule has 0 atom stereocenters. The molecule has 0 unspecified atom stereocenters. The van der Waals surface area contributed by atoms with E-state index in [1.165, 1.54) is 23.9 Å². The average molecular weight is 472 g/mol. The minimum absolute atomic E-state index is 0.0114. The van der Waals surface area contributed by atoms with E-state index in [2.05, 4.69) is 4.98 Å². The Morgan fingerprint density at radius 2 is 1.63 bits per heavy atom. The highest BCUT2D eigenvalue weighted by molar-refractivity contribution is 5.94. The summed E-state index contributed by atoms with van der Waals surface area (Å²) in [6.45, 7) is 3.35. The van der Waals surface area contributed by atoms with E-state index in [0.717, 1.165) is 12.8 Å². The highest BCUT2D eigenvalue weighted by Gasteiger charge is 2.27. The van der Waals surface area contributed by atoms with Gasteiger partial charge in [-0.25, -0.2) is 14.2 Å². The number of aromatic carboxylic acids is 1. The molecule has 8 nitrogen and oxygen atoms in total. The maximum atomic E-state index is 13.9. The number of rotatable bonds is 8. The standard InChI is InChI=1S/C27H25N3O5/c1-3-4-11-23-25(24-22(27(33)34)12-8-17-28-24)29(19-9-6-5-7-10-19)30(26(23)32)20-13-15-21(16-14-20)35-18(2)31/h5-10,12-17H,3-4,11H2,1-2H3,(H,33,34). The van der Waals surface area contributed by atoms with Gasteiger partial charge in [-0.3, -0.25) is 14.6 Å². The zero-order valence-electron chi connectivity index (χ0n) is 19.5. The van der Waals surface area contributed by atoms with Crippen LogP contribution in [0.15, 0.2) is 77.7 Å². The van der Waals surface area contributed by atoms with Gasteiger partial charge in [0.15, 0.2) is 0 Å². The second-order valence-corrected chi connectivity index (χ2v) is 7.99. The first-order chi connectivity index (χ1) is 16.9. The Hall–Kier alpha value is -4.46. The lowest BCUT2D eigenvalue weighted by Crippen LogP contribution is -2.22.